The molecule has 0 unspecified atom stereocenters. The van der Waals surface area contributed by atoms with Crippen LogP contribution in [0.3, 0.4) is 0 Å². The zero-order chi connectivity index (χ0) is 26.2. The van der Waals surface area contributed by atoms with Crippen molar-refractivity contribution in [3.05, 3.63) is 101 Å². The van der Waals surface area contributed by atoms with Crippen LogP contribution >= 0.6 is 0 Å². The smallest absolute Gasteiger partial charge is 0.267 e. The summed E-state index contributed by atoms with van der Waals surface area (Å²) in [5, 5.41) is 3.65. The first kappa shape index (κ1) is 23.6. The van der Waals surface area contributed by atoms with Gasteiger partial charge in [-0.05, 0) is 67.3 Å². The quantitative estimate of drug-likeness (QED) is 0.319. The number of hydrogen-bond acceptors (Lipinski definition) is 6. The van der Waals surface area contributed by atoms with E-state index in [1.54, 1.807) is 12.3 Å². The molecule has 0 radical (unpaired) electrons. The Kier molecular flexibility index (Phi) is 5.97. The summed E-state index contributed by atoms with van der Waals surface area (Å²) in [6.45, 7) is 0.690. The average Bonchev–Trinajstić information content (AvgIpc) is 3.30. The molecule has 5 N–H and O–H groups in total. The van der Waals surface area contributed by atoms with Gasteiger partial charge in [-0.2, -0.15) is 0 Å². The Balaban J connectivity index is 1.27. The standard InChI is InChI=1S/C29H27N7O2/c30-15-18-13-22(14-18)36-16-24(25-26(31)32-17-33-27(25)36)19-8-10-20(11-9-19)34-28(37)23-7-4-12-35(29(23)38)21-5-2-1-3-6-21/h1-12,16-18,22H,13-15,30H2,(H,34,37)(H2,31,32,33)/t18-,22+. The van der Waals surface area contributed by atoms with E-state index in [9.17, 15) is 9.59 Å². The average molecular weight is 506 g/mol. The number of anilines is 2. The highest BCUT2D eigenvalue weighted by molar-refractivity contribution is 6.04. The Labute approximate surface area is 218 Å². The van der Waals surface area contributed by atoms with Crippen LogP contribution in [-0.2, 0) is 0 Å². The highest BCUT2D eigenvalue weighted by atomic mass is 16.2. The van der Waals surface area contributed by atoms with Crippen LogP contribution in [0.5, 0.6) is 0 Å². The lowest BCUT2D eigenvalue weighted by atomic mass is 9.80. The molecule has 1 saturated carbocycles. The zero-order valence-corrected chi connectivity index (χ0v) is 20.6. The van der Waals surface area contributed by atoms with Crippen LogP contribution in [0.1, 0.15) is 29.2 Å². The van der Waals surface area contributed by atoms with Crippen LogP contribution in [0.4, 0.5) is 11.5 Å². The van der Waals surface area contributed by atoms with Crippen LogP contribution in [0, 0.1) is 5.92 Å². The summed E-state index contributed by atoms with van der Waals surface area (Å²) >= 11 is 0. The molecule has 9 heteroatoms. The second-order valence-corrected chi connectivity index (χ2v) is 9.60. The Morgan fingerprint density at radius 3 is 2.50 bits per heavy atom. The maximum Gasteiger partial charge on any atom is 0.267 e. The van der Waals surface area contributed by atoms with Crippen molar-refractivity contribution in [1.29, 1.82) is 0 Å². The minimum absolute atomic E-state index is 0.0599. The third kappa shape index (κ3) is 4.12. The second kappa shape index (κ2) is 9.60. The van der Waals surface area contributed by atoms with Gasteiger partial charge in [-0.25, -0.2) is 9.97 Å². The SMILES string of the molecule is NC[C@H]1C[C@@H](n2cc(-c3ccc(NC(=O)c4cccn(-c5ccccc5)c4=O)cc3)c3c(N)ncnc32)C1. The number of pyridine rings is 1. The number of carbonyl (C=O) groups is 1. The molecule has 6 rings (SSSR count). The first-order chi connectivity index (χ1) is 18.5. The maximum atomic E-state index is 13.0. The lowest BCUT2D eigenvalue weighted by Crippen LogP contribution is -2.31. The number of rotatable bonds is 6. The second-order valence-electron chi connectivity index (χ2n) is 9.60. The number of benzene rings is 2. The molecule has 1 amide bonds. The van der Waals surface area contributed by atoms with Gasteiger partial charge in [-0.1, -0.05) is 30.3 Å². The number of aromatic nitrogens is 4. The van der Waals surface area contributed by atoms with Crippen LogP contribution in [0.2, 0.25) is 0 Å². The molecule has 0 aliphatic heterocycles. The van der Waals surface area contributed by atoms with Gasteiger partial charge >= 0.3 is 0 Å². The number of fused-ring (bicyclic) bond motifs is 1. The molecular weight excluding hydrogens is 478 g/mol. The summed E-state index contributed by atoms with van der Waals surface area (Å²) in [5.74, 6) is 0.487. The molecule has 3 aromatic heterocycles. The highest BCUT2D eigenvalue weighted by Gasteiger charge is 2.31. The summed E-state index contributed by atoms with van der Waals surface area (Å²) in [4.78, 5) is 34.7. The number of nitrogens with two attached hydrogens (primary N) is 2. The fourth-order valence-electron chi connectivity index (χ4n) is 5.12. The normalized spacial score (nSPS) is 16.8. The van der Waals surface area contributed by atoms with E-state index < -0.39 is 5.91 Å². The minimum Gasteiger partial charge on any atom is -0.383 e. The van der Waals surface area contributed by atoms with Crippen LogP contribution in [-0.4, -0.2) is 31.6 Å². The van der Waals surface area contributed by atoms with E-state index in [0.717, 1.165) is 35.0 Å². The van der Waals surface area contributed by atoms with Gasteiger partial charge in [0.25, 0.3) is 11.5 Å². The number of carbonyl (C=O) groups excluding carboxylic acids is 1. The van der Waals surface area contributed by atoms with Crippen molar-refractivity contribution in [2.24, 2.45) is 11.7 Å². The van der Waals surface area contributed by atoms with E-state index >= 15 is 0 Å². The summed E-state index contributed by atoms with van der Waals surface area (Å²) in [7, 11) is 0. The van der Waals surface area contributed by atoms with Crippen molar-refractivity contribution < 1.29 is 4.79 Å². The van der Waals surface area contributed by atoms with Crippen LogP contribution in [0.25, 0.3) is 27.8 Å². The van der Waals surface area contributed by atoms with Crippen molar-refractivity contribution >= 4 is 28.4 Å². The summed E-state index contributed by atoms with van der Waals surface area (Å²) in [6.07, 6.45) is 7.25. The molecule has 190 valence electrons. The third-order valence-corrected chi connectivity index (χ3v) is 7.26. The molecule has 5 aromatic rings. The fourth-order valence-corrected chi connectivity index (χ4v) is 5.12. The third-order valence-electron chi connectivity index (χ3n) is 7.26. The molecule has 1 aliphatic rings. The van der Waals surface area contributed by atoms with E-state index in [1.807, 2.05) is 54.6 Å². The molecule has 0 atom stereocenters. The first-order valence-corrected chi connectivity index (χ1v) is 12.5. The minimum atomic E-state index is -0.471. The maximum absolute atomic E-state index is 13.0. The van der Waals surface area contributed by atoms with Gasteiger partial charge in [0.05, 0.1) is 5.39 Å². The molecule has 9 nitrogen and oxygen atoms in total. The van der Waals surface area contributed by atoms with Crippen molar-refractivity contribution in [2.45, 2.75) is 18.9 Å². The van der Waals surface area contributed by atoms with Crippen molar-refractivity contribution in [3.8, 4) is 16.8 Å². The molecule has 0 bridgehead atoms. The van der Waals surface area contributed by atoms with Gasteiger partial charge < -0.3 is 21.4 Å². The van der Waals surface area contributed by atoms with Crippen molar-refractivity contribution in [1.82, 2.24) is 19.1 Å². The van der Waals surface area contributed by atoms with E-state index in [2.05, 4.69) is 26.0 Å². The van der Waals surface area contributed by atoms with E-state index in [1.165, 1.54) is 17.0 Å². The molecule has 3 heterocycles. The van der Waals surface area contributed by atoms with E-state index in [4.69, 9.17) is 11.5 Å². The number of nitrogen functional groups attached to an aromatic ring is 1. The predicted molar refractivity (Wildman–Crippen MR) is 148 cm³/mol. The Morgan fingerprint density at radius 1 is 1.00 bits per heavy atom. The fraction of sp³-hybridized carbons (Fsp3) is 0.172. The van der Waals surface area contributed by atoms with Gasteiger partial charge in [0.15, 0.2) is 0 Å². The van der Waals surface area contributed by atoms with Crippen molar-refractivity contribution in [2.75, 3.05) is 17.6 Å². The predicted octanol–water partition coefficient (Wildman–Crippen LogP) is 3.99. The molecular formula is C29H27N7O2. The molecule has 2 aromatic carbocycles. The molecule has 1 aliphatic carbocycles. The van der Waals surface area contributed by atoms with Crippen molar-refractivity contribution in [3.63, 3.8) is 0 Å². The highest BCUT2D eigenvalue weighted by Crippen LogP contribution is 2.42. The molecule has 0 saturated heterocycles. The van der Waals surface area contributed by atoms with Gasteiger partial charge in [-0.15, -0.1) is 0 Å². The monoisotopic (exact) mass is 505 g/mol. The van der Waals surface area contributed by atoms with Crippen LogP contribution < -0.4 is 22.3 Å². The lowest BCUT2D eigenvalue weighted by molar-refractivity contribution is 0.102. The zero-order valence-electron chi connectivity index (χ0n) is 20.6. The first-order valence-electron chi connectivity index (χ1n) is 12.5. The topological polar surface area (TPSA) is 134 Å². The Morgan fingerprint density at radius 2 is 1.76 bits per heavy atom. The Bertz CT molecular complexity index is 1680. The lowest BCUT2D eigenvalue weighted by Gasteiger charge is -2.35. The van der Waals surface area contributed by atoms with Gasteiger partial charge in [-0.3, -0.25) is 14.2 Å². The number of nitrogens with one attached hydrogen (secondary N) is 1. The van der Waals surface area contributed by atoms with E-state index in [0.29, 0.717) is 35.7 Å². The summed E-state index contributed by atoms with van der Waals surface area (Å²) < 4.78 is 3.63. The number of nitrogens with zero attached hydrogens (tertiary/aromatic N) is 4. The molecule has 0 spiro atoms. The number of para-hydroxylation sites is 1. The summed E-state index contributed by atoms with van der Waals surface area (Å²) in [5.41, 5.74) is 15.7. The van der Waals surface area contributed by atoms with Crippen LogP contribution in [0.15, 0.2) is 90.2 Å². The molecule has 1 fully saturated rings. The van der Waals surface area contributed by atoms with Gasteiger partial charge in [0, 0.05) is 35.4 Å². The Hall–Kier alpha value is -4.76. The molecule has 38 heavy (non-hydrogen) atoms. The largest absolute Gasteiger partial charge is 0.383 e. The van der Waals surface area contributed by atoms with Gasteiger partial charge in [0.1, 0.15) is 23.4 Å². The van der Waals surface area contributed by atoms with E-state index in [-0.39, 0.29) is 11.1 Å². The number of hydrogen-bond donors (Lipinski definition) is 3. The van der Waals surface area contributed by atoms with Gasteiger partial charge in [0.2, 0.25) is 0 Å². The number of amides is 1. The summed E-state index contributed by atoms with van der Waals surface area (Å²) in [6, 6.07) is 20.2.